The van der Waals surface area contributed by atoms with E-state index in [9.17, 15) is 4.79 Å². The lowest BCUT2D eigenvalue weighted by Crippen LogP contribution is -2.18. The molecule has 0 spiro atoms. The zero-order valence-corrected chi connectivity index (χ0v) is 12.3. The minimum Gasteiger partial charge on any atom is -0.399 e. The summed E-state index contributed by atoms with van der Waals surface area (Å²) in [7, 11) is 0. The van der Waals surface area contributed by atoms with E-state index in [0.717, 1.165) is 11.3 Å². The van der Waals surface area contributed by atoms with Crippen LogP contribution in [0, 0.1) is 12.8 Å². The summed E-state index contributed by atoms with van der Waals surface area (Å²) in [6.45, 7) is 1.98. The summed E-state index contributed by atoms with van der Waals surface area (Å²) >= 11 is 0. The van der Waals surface area contributed by atoms with E-state index in [1.807, 2.05) is 25.1 Å². The van der Waals surface area contributed by atoms with Gasteiger partial charge in [-0.2, -0.15) is 0 Å². The second-order valence-electron chi connectivity index (χ2n) is 5.33. The predicted molar refractivity (Wildman–Crippen MR) is 82.7 cm³/mol. The summed E-state index contributed by atoms with van der Waals surface area (Å²) < 4.78 is 0. The van der Waals surface area contributed by atoms with Crippen molar-refractivity contribution in [3.63, 3.8) is 0 Å². The second kappa shape index (κ2) is 7.39. The summed E-state index contributed by atoms with van der Waals surface area (Å²) in [6.07, 6.45) is 6.91. The first-order chi connectivity index (χ1) is 8.65. The molecule has 4 heteroatoms. The summed E-state index contributed by atoms with van der Waals surface area (Å²) in [4.78, 5) is 12.0. The number of hydrogen-bond acceptors (Lipinski definition) is 2. The number of carbonyl (C=O) groups excluding carboxylic acids is 1. The van der Waals surface area contributed by atoms with Crippen LogP contribution in [0.4, 0.5) is 11.4 Å². The molecule has 1 aliphatic rings. The Balaban J connectivity index is 0.00000180. The Labute approximate surface area is 121 Å². The van der Waals surface area contributed by atoms with Crippen molar-refractivity contribution in [1.29, 1.82) is 0 Å². The number of halogens is 1. The van der Waals surface area contributed by atoms with Crippen LogP contribution in [0.5, 0.6) is 0 Å². The molecule has 0 bridgehead atoms. The zero-order valence-electron chi connectivity index (χ0n) is 11.4. The molecule has 0 radical (unpaired) electrons. The van der Waals surface area contributed by atoms with Gasteiger partial charge >= 0.3 is 0 Å². The van der Waals surface area contributed by atoms with Gasteiger partial charge in [-0.25, -0.2) is 0 Å². The number of nitrogen functional groups attached to an aromatic ring is 1. The van der Waals surface area contributed by atoms with E-state index < -0.39 is 0 Å². The van der Waals surface area contributed by atoms with Gasteiger partial charge in [0.2, 0.25) is 5.91 Å². The van der Waals surface area contributed by atoms with Gasteiger partial charge in [0.15, 0.2) is 0 Å². The fraction of sp³-hybridized carbons (Fsp3) is 0.533. The van der Waals surface area contributed by atoms with Gasteiger partial charge in [0.05, 0.1) is 0 Å². The number of nitrogens with two attached hydrogens (primary N) is 1. The highest BCUT2D eigenvalue weighted by Crippen LogP contribution is 2.27. The summed E-state index contributed by atoms with van der Waals surface area (Å²) in [6, 6.07) is 5.62. The van der Waals surface area contributed by atoms with Crippen molar-refractivity contribution in [1.82, 2.24) is 0 Å². The molecule has 0 unspecified atom stereocenters. The van der Waals surface area contributed by atoms with Crippen molar-refractivity contribution >= 4 is 29.7 Å². The zero-order chi connectivity index (χ0) is 13.0. The molecule has 1 aromatic carbocycles. The first kappa shape index (κ1) is 15.8. The first-order valence-electron chi connectivity index (χ1n) is 6.81. The van der Waals surface area contributed by atoms with Gasteiger partial charge in [-0.3, -0.25) is 4.79 Å². The van der Waals surface area contributed by atoms with Gasteiger partial charge in [-0.15, -0.1) is 12.4 Å². The molecule has 1 aliphatic carbocycles. The van der Waals surface area contributed by atoms with E-state index in [4.69, 9.17) is 5.73 Å². The average Bonchev–Trinajstić information content (AvgIpc) is 2.35. The number of rotatable bonds is 3. The lowest BCUT2D eigenvalue weighted by atomic mass is 9.87. The minimum absolute atomic E-state index is 0. The highest BCUT2D eigenvalue weighted by Gasteiger charge is 2.17. The topological polar surface area (TPSA) is 55.1 Å². The van der Waals surface area contributed by atoms with Crippen LogP contribution in [0.25, 0.3) is 0 Å². The molecule has 0 aromatic heterocycles. The number of anilines is 2. The Morgan fingerprint density at radius 1 is 1.32 bits per heavy atom. The van der Waals surface area contributed by atoms with E-state index in [1.54, 1.807) is 0 Å². The molecule has 19 heavy (non-hydrogen) atoms. The largest absolute Gasteiger partial charge is 0.399 e. The summed E-state index contributed by atoms with van der Waals surface area (Å²) in [5.74, 6) is 0.690. The monoisotopic (exact) mass is 282 g/mol. The second-order valence-corrected chi connectivity index (χ2v) is 5.33. The Bertz CT molecular complexity index is 428. The molecule has 1 aromatic rings. The maximum atomic E-state index is 12.0. The molecule has 106 valence electrons. The van der Waals surface area contributed by atoms with Crippen LogP contribution in [0.1, 0.15) is 44.1 Å². The van der Waals surface area contributed by atoms with Crippen LogP contribution in [-0.4, -0.2) is 5.91 Å². The van der Waals surface area contributed by atoms with Crippen molar-refractivity contribution in [2.75, 3.05) is 11.1 Å². The molecule has 0 atom stereocenters. The van der Waals surface area contributed by atoms with Crippen LogP contribution in [0.15, 0.2) is 18.2 Å². The van der Waals surface area contributed by atoms with Gasteiger partial charge in [0.1, 0.15) is 0 Å². The fourth-order valence-electron chi connectivity index (χ4n) is 2.63. The number of nitrogens with one attached hydrogen (secondary N) is 1. The minimum atomic E-state index is 0. The van der Waals surface area contributed by atoms with Crippen molar-refractivity contribution < 1.29 is 4.79 Å². The lowest BCUT2D eigenvalue weighted by Gasteiger charge is -2.21. The normalized spacial score (nSPS) is 15.6. The lowest BCUT2D eigenvalue weighted by molar-refractivity contribution is -0.117. The molecule has 0 heterocycles. The van der Waals surface area contributed by atoms with Gasteiger partial charge in [-0.1, -0.05) is 25.3 Å². The Hall–Kier alpha value is -1.22. The van der Waals surface area contributed by atoms with Gasteiger partial charge < -0.3 is 11.1 Å². The van der Waals surface area contributed by atoms with Crippen LogP contribution in [0.3, 0.4) is 0 Å². The van der Waals surface area contributed by atoms with Gasteiger partial charge in [0.25, 0.3) is 0 Å². The molecule has 1 amide bonds. The summed E-state index contributed by atoms with van der Waals surface area (Å²) in [5.41, 5.74) is 8.32. The Morgan fingerprint density at radius 3 is 2.68 bits per heavy atom. The highest BCUT2D eigenvalue weighted by molar-refractivity contribution is 5.92. The Morgan fingerprint density at radius 2 is 2.00 bits per heavy atom. The standard InChI is InChI=1S/C15H22N2O.ClH/c1-11-7-8-13(16)10-14(11)17-15(18)9-12-5-3-2-4-6-12;/h7-8,10,12H,2-6,9,16H2,1H3,(H,17,18);1H. The van der Waals surface area contributed by atoms with Gasteiger partial charge in [-0.05, 0) is 43.4 Å². The smallest absolute Gasteiger partial charge is 0.224 e. The third-order valence-electron chi connectivity index (χ3n) is 3.73. The summed E-state index contributed by atoms with van der Waals surface area (Å²) in [5, 5.41) is 2.98. The highest BCUT2D eigenvalue weighted by atomic mass is 35.5. The third-order valence-corrected chi connectivity index (χ3v) is 3.73. The average molecular weight is 283 g/mol. The predicted octanol–water partition coefficient (Wildman–Crippen LogP) is 3.91. The van der Waals surface area contributed by atoms with E-state index in [0.29, 0.717) is 18.0 Å². The Kier molecular flexibility index (Phi) is 6.16. The molecule has 3 nitrogen and oxygen atoms in total. The van der Waals surface area contributed by atoms with E-state index >= 15 is 0 Å². The van der Waals surface area contributed by atoms with E-state index in [-0.39, 0.29) is 18.3 Å². The van der Waals surface area contributed by atoms with E-state index in [2.05, 4.69) is 5.32 Å². The maximum Gasteiger partial charge on any atom is 0.224 e. The quantitative estimate of drug-likeness (QED) is 0.826. The number of hydrogen-bond donors (Lipinski definition) is 2. The maximum absolute atomic E-state index is 12.0. The van der Waals surface area contributed by atoms with Crippen LogP contribution in [-0.2, 0) is 4.79 Å². The molecular formula is C15H23ClN2O. The van der Waals surface area contributed by atoms with Crippen molar-refractivity contribution in [3.05, 3.63) is 23.8 Å². The van der Waals surface area contributed by atoms with Crippen molar-refractivity contribution in [2.45, 2.75) is 45.4 Å². The third kappa shape index (κ3) is 4.75. The van der Waals surface area contributed by atoms with Crippen molar-refractivity contribution in [3.8, 4) is 0 Å². The molecule has 1 fully saturated rings. The molecule has 1 saturated carbocycles. The fourth-order valence-corrected chi connectivity index (χ4v) is 2.63. The molecule has 2 rings (SSSR count). The molecule has 0 aliphatic heterocycles. The number of carbonyl (C=O) groups is 1. The number of aryl methyl sites for hydroxylation is 1. The molecule has 3 N–H and O–H groups in total. The van der Waals surface area contributed by atoms with Crippen molar-refractivity contribution in [2.24, 2.45) is 5.92 Å². The SMILES string of the molecule is Cc1ccc(N)cc1NC(=O)CC1CCCCC1.Cl. The first-order valence-corrected chi connectivity index (χ1v) is 6.81. The van der Waals surface area contributed by atoms with Crippen LogP contribution in [0.2, 0.25) is 0 Å². The number of benzene rings is 1. The number of amides is 1. The van der Waals surface area contributed by atoms with Gasteiger partial charge in [0, 0.05) is 17.8 Å². The molecular weight excluding hydrogens is 260 g/mol. The van der Waals surface area contributed by atoms with Crippen LogP contribution >= 0.6 is 12.4 Å². The van der Waals surface area contributed by atoms with E-state index in [1.165, 1.54) is 32.1 Å². The molecule has 0 saturated heterocycles. The van der Waals surface area contributed by atoms with Crippen LogP contribution < -0.4 is 11.1 Å².